The molecule has 2 rings (SSSR count). The van der Waals surface area contributed by atoms with Gasteiger partial charge in [-0.25, -0.2) is 0 Å². The monoisotopic (exact) mass is 342 g/mol. The van der Waals surface area contributed by atoms with Gasteiger partial charge in [-0.1, -0.05) is 50.2 Å². The van der Waals surface area contributed by atoms with E-state index < -0.39 is 0 Å². The molecule has 0 aliphatic heterocycles. The molecule has 0 aliphatic carbocycles. The maximum Gasteiger partial charge on any atom is 0.258 e. The van der Waals surface area contributed by atoms with Gasteiger partial charge in [-0.3, -0.25) is 9.69 Å². The van der Waals surface area contributed by atoms with Crippen LogP contribution in [0, 0.1) is 0 Å². The van der Waals surface area contributed by atoms with Gasteiger partial charge in [-0.2, -0.15) is 0 Å². The molecule has 2 aromatic carbocycles. The number of nitrogens with zero attached hydrogens (tertiary/aromatic N) is 1. The van der Waals surface area contributed by atoms with E-state index in [0.29, 0.717) is 12.3 Å². The van der Waals surface area contributed by atoms with Gasteiger partial charge in [0.2, 0.25) is 0 Å². The highest BCUT2D eigenvalue weighted by Gasteiger charge is 2.06. The molecule has 0 bridgehead atoms. The van der Waals surface area contributed by atoms with Crippen molar-refractivity contribution >= 4 is 5.91 Å². The number of carbonyl (C=O) groups excluding carboxylic acids is 1. The molecule has 2 N–H and O–H groups in total. The summed E-state index contributed by atoms with van der Waals surface area (Å²) < 4.78 is 5.31. The SMILES string of the molecule is CCN(CC)Cc1ccc(CNC(=O)COc2ccccc2O)cc1. The van der Waals surface area contributed by atoms with Crippen molar-refractivity contribution in [1.29, 1.82) is 0 Å². The number of phenols is 1. The lowest BCUT2D eigenvalue weighted by Gasteiger charge is -2.18. The van der Waals surface area contributed by atoms with Crippen molar-refractivity contribution in [2.75, 3.05) is 19.7 Å². The summed E-state index contributed by atoms with van der Waals surface area (Å²) >= 11 is 0. The summed E-state index contributed by atoms with van der Waals surface area (Å²) in [6, 6.07) is 14.8. The number of hydrogen-bond acceptors (Lipinski definition) is 4. The molecule has 0 radical (unpaired) electrons. The zero-order valence-electron chi connectivity index (χ0n) is 14.9. The number of aromatic hydroxyl groups is 1. The van der Waals surface area contributed by atoms with Gasteiger partial charge in [-0.05, 0) is 36.3 Å². The van der Waals surface area contributed by atoms with Gasteiger partial charge in [0.1, 0.15) is 0 Å². The van der Waals surface area contributed by atoms with Crippen LogP contribution in [0.2, 0.25) is 0 Å². The average molecular weight is 342 g/mol. The number of ether oxygens (including phenoxy) is 1. The molecule has 0 aliphatic rings. The third-order valence-electron chi connectivity index (χ3n) is 4.04. The highest BCUT2D eigenvalue weighted by Crippen LogP contribution is 2.23. The van der Waals surface area contributed by atoms with E-state index in [0.717, 1.165) is 25.2 Å². The van der Waals surface area contributed by atoms with E-state index in [2.05, 4.69) is 36.2 Å². The van der Waals surface area contributed by atoms with Crippen LogP contribution in [0.3, 0.4) is 0 Å². The second-order valence-electron chi connectivity index (χ2n) is 5.81. The lowest BCUT2D eigenvalue weighted by Crippen LogP contribution is -2.28. The topological polar surface area (TPSA) is 61.8 Å². The Kier molecular flexibility index (Phi) is 7.29. The highest BCUT2D eigenvalue weighted by molar-refractivity contribution is 5.77. The molecule has 0 heterocycles. The van der Waals surface area contributed by atoms with Gasteiger partial charge in [0.25, 0.3) is 5.91 Å². The number of hydrogen-bond donors (Lipinski definition) is 2. The number of benzene rings is 2. The molecule has 0 spiro atoms. The lowest BCUT2D eigenvalue weighted by molar-refractivity contribution is -0.123. The van der Waals surface area contributed by atoms with Crippen molar-refractivity contribution in [2.45, 2.75) is 26.9 Å². The summed E-state index contributed by atoms with van der Waals surface area (Å²) in [7, 11) is 0. The number of phenolic OH excluding ortho intramolecular Hbond substituents is 1. The number of para-hydroxylation sites is 2. The average Bonchev–Trinajstić information content (AvgIpc) is 2.64. The van der Waals surface area contributed by atoms with Gasteiger partial charge >= 0.3 is 0 Å². The molecular weight excluding hydrogens is 316 g/mol. The van der Waals surface area contributed by atoms with E-state index in [-0.39, 0.29) is 18.3 Å². The van der Waals surface area contributed by atoms with Gasteiger partial charge in [0.15, 0.2) is 18.1 Å². The van der Waals surface area contributed by atoms with E-state index >= 15 is 0 Å². The Morgan fingerprint density at radius 2 is 1.68 bits per heavy atom. The predicted molar refractivity (Wildman–Crippen MR) is 98.5 cm³/mol. The van der Waals surface area contributed by atoms with Crippen LogP contribution < -0.4 is 10.1 Å². The maximum absolute atomic E-state index is 11.9. The Balaban J connectivity index is 1.77. The minimum absolute atomic E-state index is 0.0269. The quantitative estimate of drug-likeness (QED) is 0.735. The zero-order chi connectivity index (χ0) is 18.1. The molecule has 5 heteroatoms. The van der Waals surface area contributed by atoms with Gasteiger partial charge in [-0.15, -0.1) is 0 Å². The van der Waals surface area contributed by atoms with E-state index in [1.54, 1.807) is 18.2 Å². The van der Waals surface area contributed by atoms with Crippen molar-refractivity contribution in [3.63, 3.8) is 0 Å². The largest absolute Gasteiger partial charge is 0.504 e. The summed E-state index contributed by atoms with van der Waals surface area (Å²) in [6.07, 6.45) is 0. The van der Waals surface area contributed by atoms with Crippen LogP contribution in [0.15, 0.2) is 48.5 Å². The Labute approximate surface area is 149 Å². The molecule has 0 unspecified atom stereocenters. The normalized spacial score (nSPS) is 10.7. The molecule has 134 valence electrons. The zero-order valence-corrected chi connectivity index (χ0v) is 14.9. The molecular formula is C20H26N2O3. The summed E-state index contributed by atoms with van der Waals surface area (Å²) in [4.78, 5) is 14.2. The number of amides is 1. The molecule has 25 heavy (non-hydrogen) atoms. The van der Waals surface area contributed by atoms with Crippen molar-refractivity contribution in [3.8, 4) is 11.5 Å². The van der Waals surface area contributed by atoms with Crippen LogP contribution in [-0.4, -0.2) is 35.6 Å². The first-order valence-corrected chi connectivity index (χ1v) is 8.60. The van der Waals surface area contributed by atoms with Crippen molar-refractivity contribution in [1.82, 2.24) is 10.2 Å². The summed E-state index contributed by atoms with van der Waals surface area (Å²) in [5.74, 6) is 0.105. The summed E-state index contributed by atoms with van der Waals surface area (Å²) in [5.41, 5.74) is 2.31. The first-order valence-electron chi connectivity index (χ1n) is 8.60. The van der Waals surface area contributed by atoms with Crippen molar-refractivity contribution < 1.29 is 14.6 Å². The fourth-order valence-electron chi connectivity index (χ4n) is 2.44. The molecule has 1 amide bonds. The van der Waals surface area contributed by atoms with E-state index in [1.165, 1.54) is 11.6 Å². The van der Waals surface area contributed by atoms with Crippen molar-refractivity contribution in [3.05, 3.63) is 59.7 Å². The second-order valence-corrected chi connectivity index (χ2v) is 5.81. The van der Waals surface area contributed by atoms with Crippen LogP contribution in [-0.2, 0) is 17.9 Å². The first kappa shape index (κ1) is 18.8. The molecule has 0 saturated carbocycles. The second kappa shape index (κ2) is 9.69. The molecule has 0 saturated heterocycles. The van der Waals surface area contributed by atoms with Gasteiger partial charge in [0.05, 0.1) is 0 Å². The standard InChI is InChI=1S/C20H26N2O3/c1-3-22(4-2)14-17-11-9-16(10-12-17)13-21-20(24)15-25-19-8-6-5-7-18(19)23/h5-12,23H,3-4,13-15H2,1-2H3,(H,21,24). The third kappa shape index (κ3) is 6.12. The van der Waals surface area contributed by atoms with Gasteiger partial charge in [0, 0.05) is 13.1 Å². The molecule has 5 nitrogen and oxygen atoms in total. The molecule has 2 aromatic rings. The number of rotatable bonds is 9. The van der Waals surface area contributed by atoms with E-state index in [4.69, 9.17) is 4.74 Å². The van der Waals surface area contributed by atoms with Crippen LogP contribution in [0.4, 0.5) is 0 Å². The van der Waals surface area contributed by atoms with Gasteiger partial charge < -0.3 is 15.2 Å². The van der Waals surface area contributed by atoms with Crippen molar-refractivity contribution in [2.24, 2.45) is 0 Å². The molecule has 0 aromatic heterocycles. The fraction of sp³-hybridized carbons (Fsp3) is 0.350. The maximum atomic E-state index is 11.9. The highest BCUT2D eigenvalue weighted by atomic mass is 16.5. The fourth-order valence-corrected chi connectivity index (χ4v) is 2.44. The Bertz CT molecular complexity index is 667. The number of carbonyl (C=O) groups is 1. The van der Waals surface area contributed by atoms with Crippen LogP contribution in [0.25, 0.3) is 0 Å². The Hall–Kier alpha value is -2.53. The Morgan fingerprint density at radius 1 is 1.04 bits per heavy atom. The van der Waals surface area contributed by atoms with Crippen LogP contribution in [0.5, 0.6) is 11.5 Å². The van der Waals surface area contributed by atoms with Crippen LogP contribution >= 0.6 is 0 Å². The third-order valence-corrected chi connectivity index (χ3v) is 4.04. The number of nitrogens with one attached hydrogen (secondary N) is 1. The summed E-state index contributed by atoms with van der Waals surface area (Å²) in [6.45, 7) is 7.64. The summed E-state index contributed by atoms with van der Waals surface area (Å²) in [5, 5.41) is 12.4. The van der Waals surface area contributed by atoms with E-state index in [9.17, 15) is 9.90 Å². The Morgan fingerprint density at radius 3 is 2.32 bits per heavy atom. The molecule has 0 atom stereocenters. The van der Waals surface area contributed by atoms with Crippen LogP contribution in [0.1, 0.15) is 25.0 Å². The minimum atomic E-state index is -0.226. The van der Waals surface area contributed by atoms with E-state index in [1.807, 2.05) is 12.1 Å². The smallest absolute Gasteiger partial charge is 0.258 e. The lowest BCUT2D eigenvalue weighted by atomic mass is 10.1. The minimum Gasteiger partial charge on any atom is -0.504 e. The molecule has 0 fully saturated rings. The first-order chi connectivity index (χ1) is 12.1. The predicted octanol–water partition coefficient (Wildman–Crippen LogP) is 2.93.